The lowest BCUT2D eigenvalue weighted by atomic mass is 9.85. The van der Waals surface area contributed by atoms with E-state index in [4.69, 9.17) is 14.5 Å². The first-order chi connectivity index (χ1) is 18.2. The molecule has 192 valence electrons. The number of carbonyl (C=O) groups excluding carboxylic acids is 2. The van der Waals surface area contributed by atoms with E-state index in [9.17, 15) is 9.59 Å². The average Bonchev–Trinajstić information content (AvgIpc) is 3.26. The summed E-state index contributed by atoms with van der Waals surface area (Å²) < 4.78 is 5.68. The Kier molecular flexibility index (Phi) is 8.16. The lowest BCUT2D eigenvalue weighted by Gasteiger charge is -2.25. The molecule has 0 saturated heterocycles. The molecule has 6 heteroatoms. The number of hydrogen-bond donors (Lipinski definition) is 1. The van der Waals surface area contributed by atoms with Crippen molar-refractivity contribution in [2.24, 2.45) is 5.92 Å². The van der Waals surface area contributed by atoms with Crippen LogP contribution in [0.25, 0.3) is 11.1 Å². The first-order valence-electron chi connectivity index (χ1n) is 13.2. The van der Waals surface area contributed by atoms with Gasteiger partial charge in [0.1, 0.15) is 19.3 Å². The van der Waals surface area contributed by atoms with Crippen molar-refractivity contribution in [3.63, 3.8) is 0 Å². The van der Waals surface area contributed by atoms with E-state index in [-0.39, 0.29) is 19.1 Å². The van der Waals surface area contributed by atoms with E-state index in [0.717, 1.165) is 42.4 Å². The Hall–Kier alpha value is -3.64. The summed E-state index contributed by atoms with van der Waals surface area (Å²) in [6, 6.07) is 25.1. The molecular formula is C31H33NO5. The Bertz CT molecular complexity index is 1160. The van der Waals surface area contributed by atoms with E-state index in [1.165, 1.54) is 17.5 Å². The fourth-order valence-corrected chi connectivity index (χ4v) is 5.54. The summed E-state index contributed by atoms with van der Waals surface area (Å²) in [5, 5.41) is 2.77. The molecule has 6 nitrogen and oxygen atoms in total. The lowest BCUT2D eigenvalue weighted by Crippen LogP contribution is -2.43. The van der Waals surface area contributed by atoms with Crippen LogP contribution in [-0.4, -0.2) is 24.7 Å². The Morgan fingerprint density at radius 1 is 0.811 bits per heavy atom. The number of ether oxygens (including phenoxy) is 1. The number of rotatable bonds is 9. The van der Waals surface area contributed by atoms with Crippen LogP contribution in [0.15, 0.2) is 78.9 Å². The molecule has 0 radical (unpaired) electrons. The van der Waals surface area contributed by atoms with E-state index < -0.39 is 18.1 Å². The average molecular weight is 500 g/mol. The van der Waals surface area contributed by atoms with E-state index >= 15 is 0 Å². The highest BCUT2D eigenvalue weighted by Crippen LogP contribution is 2.44. The van der Waals surface area contributed by atoms with Crippen LogP contribution in [0, 0.1) is 5.92 Å². The molecule has 37 heavy (non-hydrogen) atoms. The van der Waals surface area contributed by atoms with Gasteiger partial charge in [-0.25, -0.2) is 9.59 Å². The van der Waals surface area contributed by atoms with Gasteiger partial charge in [0.15, 0.2) is 0 Å². The SMILES string of the molecule is O=C(N[C@@H](CC1CCCCC1)C(=O)OOCc1ccccc1)OCC1c2ccccc2-c2ccccc21. The monoisotopic (exact) mass is 499 g/mol. The Labute approximate surface area is 217 Å². The molecule has 5 rings (SSSR count). The number of fused-ring (bicyclic) bond motifs is 3. The van der Waals surface area contributed by atoms with Crippen molar-refractivity contribution >= 4 is 12.1 Å². The number of nitrogens with one attached hydrogen (secondary N) is 1. The van der Waals surface area contributed by atoms with Gasteiger partial charge in [0.25, 0.3) is 0 Å². The molecular weight excluding hydrogens is 466 g/mol. The molecule has 0 aromatic heterocycles. The van der Waals surface area contributed by atoms with E-state index in [1.807, 2.05) is 54.6 Å². The van der Waals surface area contributed by atoms with Gasteiger partial charge in [0.2, 0.25) is 0 Å². The third-order valence-electron chi connectivity index (χ3n) is 7.42. The van der Waals surface area contributed by atoms with Crippen LogP contribution in [0.2, 0.25) is 0 Å². The largest absolute Gasteiger partial charge is 0.449 e. The predicted molar refractivity (Wildman–Crippen MR) is 141 cm³/mol. The minimum atomic E-state index is -0.825. The summed E-state index contributed by atoms with van der Waals surface area (Å²) in [5.74, 6) is -0.291. The molecule has 1 saturated carbocycles. The van der Waals surface area contributed by atoms with Crippen molar-refractivity contribution in [2.75, 3.05) is 6.61 Å². The van der Waals surface area contributed by atoms with Gasteiger partial charge in [-0.15, -0.1) is 0 Å². The molecule has 1 fully saturated rings. The fourth-order valence-electron chi connectivity index (χ4n) is 5.54. The van der Waals surface area contributed by atoms with Crippen LogP contribution < -0.4 is 5.32 Å². The zero-order valence-electron chi connectivity index (χ0n) is 20.9. The minimum absolute atomic E-state index is 0.0453. The summed E-state index contributed by atoms with van der Waals surface area (Å²) >= 11 is 0. The van der Waals surface area contributed by atoms with Gasteiger partial charge in [0.05, 0.1) is 0 Å². The smallest absolute Gasteiger partial charge is 0.407 e. The predicted octanol–water partition coefficient (Wildman–Crippen LogP) is 6.54. The lowest BCUT2D eigenvalue weighted by molar-refractivity contribution is -0.281. The van der Waals surface area contributed by atoms with Crippen LogP contribution in [0.5, 0.6) is 0 Å². The molecule has 2 aliphatic carbocycles. The maximum atomic E-state index is 12.9. The molecule has 0 unspecified atom stereocenters. The molecule has 0 bridgehead atoms. The summed E-state index contributed by atoms with van der Waals surface area (Å²) in [4.78, 5) is 36.1. The quantitative estimate of drug-likeness (QED) is 0.267. The van der Waals surface area contributed by atoms with Gasteiger partial charge in [-0.3, -0.25) is 4.89 Å². The topological polar surface area (TPSA) is 73.9 Å². The van der Waals surface area contributed by atoms with Crippen molar-refractivity contribution in [1.82, 2.24) is 5.32 Å². The Morgan fingerprint density at radius 3 is 2.11 bits per heavy atom. The second kappa shape index (κ2) is 12.1. The Morgan fingerprint density at radius 2 is 1.43 bits per heavy atom. The van der Waals surface area contributed by atoms with Crippen molar-refractivity contribution in [1.29, 1.82) is 0 Å². The third-order valence-corrected chi connectivity index (χ3v) is 7.42. The summed E-state index contributed by atoms with van der Waals surface area (Å²) in [6.07, 6.45) is 5.47. The van der Waals surface area contributed by atoms with Crippen LogP contribution in [0.3, 0.4) is 0 Å². The van der Waals surface area contributed by atoms with Gasteiger partial charge in [-0.05, 0) is 40.2 Å². The molecule has 0 spiro atoms. The van der Waals surface area contributed by atoms with E-state index in [1.54, 1.807) is 0 Å². The highest BCUT2D eigenvalue weighted by atomic mass is 17.2. The molecule has 2 aliphatic rings. The standard InChI is InChI=1S/C31H33NO5/c33-30(37-36-20-23-13-5-2-6-14-23)29(19-22-11-3-1-4-12-22)32-31(34)35-21-28-26-17-9-7-15-24(26)25-16-8-10-18-27(25)28/h2,5-10,13-18,22,28-29H,1,3-4,11-12,19-21H2,(H,32,34)/t29-/m0/s1. The molecule has 0 heterocycles. The fraction of sp³-hybridized carbons (Fsp3) is 0.355. The van der Waals surface area contributed by atoms with E-state index in [2.05, 4.69) is 29.6 Å². The Balaban J connectivity index is 1.20. The van der Waals surface area contributed by atoms with Gasteiger partial charge in [-0.1, -0.05) is 111 Å². The van der Waals surface area contributed by atoms with Gasteiger partial charge >= 0.3 is 12.1 Å². The maximum absolute atomic E-state index is 12.9. The van der Waals surface area contributed by atoms with Crippen LogP contribution >= 0.6 is 0 Å². The number of hydrogen-bond acceptors (Lipinski definition) is 5. The summed E-state index contributed by atoms with van der Waals surface area (Å²) in [6.45, 7) is 0.337. The van der Waals surface area contributed by atoms with Crippen molar-refractivity contribution in [2.45, 2.75) is 57.1 Å². The molecule has 1 amide bonds. The summed E-state index contributed by atoms with van der Waals surface area (Å²) in [7, 11) is 0. The molecule has 1 N–H and O–H groups in total. The second-order valence-corrected chi connectivity index (χ2v) is 9.91. The zero-order valence-corrected chi connectivity index (χ0v) is 20.9. The van der Waals surface area contributed by atoms with Crippen LogP contribution in [-0.2, 0) is 25.9 Å². The van der Waals surface area contributed by atoms with Crippen molar-refractivity contribution < 1.29 is 24.1 Å². The number of amides is 1. The second-order valence-electron chi connectivity index (χ2n) is 9.91. The normalized spacial score (nSPS) is 15.9. The van der Waals surface area contributed by atoms with Crippen LogP contribution in [0.4, 0.5) is 4.79 Å². The summed E-state index contributed by atoms with van der Waals surface area (Å²) in [5.41, 5.74) is 5.51. The van der Waals surface area contributed by atoms with E-state index in [0.29, 0.717) is 12.3 Å². The highest BCUT2D eigenvalue weighted by molar-refractivity contribution is 5.81. The number of alkyl carbamates (subject to hydrolysis) is 1. The third kappa shape index (κ3) is 6.20. The van der Waals surface area contributed by atoms with Crippen molar-refractivity contribution in [3.05, 3.63) is 95.6 Å². The van der Waals surface area contributed by atoms with Crippen molar-refractivity contribution in [3.8, 4) is 11.1 Å². The zero-order chi connectivity index (χ0) is 25.5. The first-order valence-corrected chi connectivity index (χ1v) is 13.2. The molecule has 1 atom stereocenters. The minimum Gasteiger partial charge on any atom is -0.449 e. The highest BCUT2D eigenvalue weighted by Gasteiger charge is 2.31. The van der Waals surface area contributed by atoms with Gasteiger partial charge < -0.3 is 10.1 Å². The van der Waals surface area contributed by atoms with Crippen LogP contribution in [0.1, 0.15) is 61.1 Å². The molecule has 3 aromatic rings. The first kappa shape index (κ1) is 25.0. The number of carbonyl (C=O) groups is 2. The molecule has 3 aromatic carbocycles. The maximum Gasteiger partial charge on any atom is 0.407 e. The van der Waals surface area contributed by atoms with Gasteiger partial charge in [0, 0.05) is 5.92 Å². The van der Waals surface area contributed by atoms with Gasteiger partial charge in [-0.2, -0.15) is 4.89 Å². The molecule has 0 aliphatic heterocycles. The number of benzene rings is 3.